The topological polar surface area (TPSA) is 29.1 Å². The Morgan fingerprint density at radius 1 is 1.47 bits per heavy atom. The molecule has 0 saturated heterocycles. The highest BCUT2D eigenvalue weighted by Crippen LogP contribution is 2.24. The molecule has 0 heterocycles. The maximum absolute atomic E-state index is 11.6. The van der Waals surface area contributed by atoms with Crippen LogP contribution in [0.4, 0.5) is 0 Å². The molecule has 1 atom stereocenters. The van der Waals surface area contributed by atoms with Crippen LogP contribution in [0.5, 0.6) is 0 Å². The molecule has 0 aromatic rings. The van der Waals surface area contributed by atoms with Crippen molar-refractivity contribution in [2.24, 2.45) is 5.41 Å². The second kappa shape index (κ2) is 5.24. The van der Waals surface area contributed by atoms with Crippen molar-refractivity contribution in [3.05, 3.63) is 0 Å². The van der Waals surface area contributed by atoms with Gasteiger partial charge in [-0.2, -0.15) is 0 Å². The third-order valence-corrected chi connectivity index (χ3v) is 3.67. The van der Waals surface area contributed by atoms with Gasteiger partial charge in [-0.3, -0.25) is 4.79 Å². The Kier molecular flexibility index (Phi) is 4.50. The molecule has 2 nitrogen and oxygen atoms in total. The van der Waals surface area contributed by atoms with Gasteiger partial charge in [-0.05, 0) is 37.4 Å². The van der Waals surface area contributed by atoms with Gasteiger partial charge in [0.15, 0.2) is 0 Å². The fourth-order valence-corrected chi connectivity index (χ4v) is 2.47. The van der Waals surface area contributed by atoms with E-state index in [1.54, 1.807) is 11.8 Å². The summed E-state index contributed by atoms with van der Waals surface area (Å²) >= 11 is 1.77. The Balaban J connectivity index is 2.11. The van der Waals surface area contributed by atoms with E-state index in [1.807, 2.05) is 6.92 Å². The first-order valence-corrected chi connectivity index (χ1v) is 6.85. The summed E-state index contributed by atoms with van der Waals surface area (Å²) in [6.07, 6.45) is 3.51. The first-order valence-electron chi connectivity index (χ1n) is 5.80. The van der Waals surface area contributed by atoms with Crippen molar-refractivity contribution in [2.45, 2.75) is 58.2 Å². The van der Waals surface area contributed by atoms with Gasteiger partial charge in [0.25, 0.3) is 0 Å². The van der Waals surface area contributed by atoms with Crippen LogP contribution in [-0.4, -0.2) is 23.0 Å². The van der Waals surface area contributed by atoms with Gasteiger partial charge in [0.05, 0.1) is 5.25 Å². The SMILES string of the molecule is C[C@@H](SCCC(C)(C)C)C(=O)NC1CC1. The maximum atomic E-state index is 11.6. The van der Waals surface area contributed by atoms with E-state index in [-0.39, 0.29) is 11.2 Å². The molecule has 1 N–H and O–H groups in total. The average molecular weight is 229 g/mol. The van der Waals surface area contributed by atoms with Crippen molar-refractivity contribution in [2.75, 3.05) is 5.75 Å². The molecule has 1 saturated carbocycles. The molecule has 0 aromatic carbocycles. The number of amides is 1. The minimum atomic E-state index is 0.105. The minimum Gasteiger partial charge on any atom is -0.352 e. The molecular formula is C12H23NOS. The summed E-state index contributed by atoms with van der Waals surface area (Å²) in [5, 5.41) is 3.15. The molecule has 1 aliphatic rings. The van der Waals surface area contributed by atoms with Crippen molar-refractivity contribution in [1.82, 2.24) is 5.32 Å². The standard InChI is InChI=1S/C12H23NOS/c1-9(11(14)13-10-5-6-10)15-8-7-12(2,3)4/h9-10H,5-8H2,1-4H3,(H,13,14)/t9-/m1/s1. The number of carbonyl (C=O) groups is 1. The summed E-state index contributed by atoms with van der Waals surface area (Å²) in [7, 11) is 0. The fourth-order valence-electron chi connectivity index (χ4n) is 1.16. The van der Waals surface area contributed by atoms with Gasteiger partial charge in [0.1, 0.15) is 0 Å². The molecule has 15 heavy (non-hydrogen) atoms. The Morgan fingerprint density at radius 3 is 2.53 bits per heavy atom. The molecule has 0 radical (unpaired) electrons. The van der Waals surface area contributed by atoms with Gasteiger partial charge < -0.3 is 5.32 Å². The van der Waals surface area contributed by atoms with Gasteiger partial charge >= 0.3 is 0 Å². The van der Waals surface area contributed by atoms with E-state index < -0.39 is 0 Å². The second-order valence-electron chi connectivity index (χ2n) is 5.61. The molecule has 1 aliphatic carbocycles. The van der Waals surface area contributed by atoms with Gasteiger partial charge in [-0.25, -0.2) is 0 Å². The smallest absolute Gasteiger partial charge is 0.233 e. The highest BCUT2D eigenvalue weighted by Gasteiger charge is 2.25. The second-order valence-corrected chi connectivity index (χ2v) is 7.06. The summed E-state index contributed by atoms with van der Waals surface area (Å²) in [5.41, 5.74) is 0.375. The molecule has 0 unspecified atom stereocenters. The van der Waals surface area contributed by atoms with Gasteiger partial charge in [0.2, 0.25) is 5.91 Å². The highest BCUT2D eigenvalue weighted by atomic mass is 32.2. The molecule has 1 rings (SSSR count). The van der Waals surface area contributed by atoms with Crippen molar-refractivity contribution >= 4 is 17.7 Å². The van der Waals surface area contributed by atoms with Crippen LogP contribution in [0.2, 0.25) is 0 Å². The molecule has 0 aromatic heterocycles. The van der Waals surface area contributed by atoms with Crippen LogP contribution >= 0.6 is 11.8 Å². The van der Waals surface area contributed by atoms with Crippen molar-refractivity contribution in [3.63, 3.8) is 0 Å². The van der Waals surface area contributed by atoms with Crippen LogP contribution in [0, 0.1) is 5.41 Å². The minimum absolute atomic E-state index is 0.105. The third-order valence-electron chi connectivity index (χ3n) is 2.51. The van der Waals surface area contributed by atoms with Crippen LogP contribution in [0.15, 0.2) is 0 Å². The number of nitrogens with one attached hydrogen (secondary N) is 1. The largest absolute Gasteiger partial charge is 0.352 e. The molecule has 1 fully saturated rings. The third kappa shape index (κ3) is 6.08. The first kappa shape index (κ1) is 12.9. The molecular weight excluding hydrogens is 206 g/mol. The summed E-state index contributed by atoms with van der Waals surface area (Å²) in [4.78, 5) is 11.6. The van der Waals surface area contributed by atoms with E-state index in [1.165, 1.54) is 19.3 Å². The highest BCUT2D eigenvalue weighted by molar-refractivity contribution is 8.00. The Hall–Kier alpha value is -0.180. The molecule has 0 aliphatic heterocycles. The molecule has 1 amide bonds. The van der Waals surface area contributed by atoms with Crippen LogP contribution in [0.25, 0.3) is 0 Å². The average Bonchev–Trinajstić information content (AvgIpc) is 2.85. The summed E-state index contributed by atoms with van der Waals surface area (Å²) in [6.45, 7) is 8.72. The number of thioether (sulfide) groups is 1. The zero-order chi connectivity index (χ0) is 11.5. The number of hydrogen-bond acceptors (Lipinski definition) is 2. The first-order chi connectivity index (χ1) is 6.88. The van der Waals surface area contributed by atoms with Gasteiger partial charge in [-0.1, -0.05) is 20.8 Å². The van der Waals surface area contributed by atoms with Crippen molar-refractivity contribution in [1.29, 1.82) is 0 Å². The van der Waals surface area contributed by atoms with E-state index in [0.29, 0.717) is 11.5 Å². The lowest BCUT2D eigenvalue weighted by Crippen LogP contribution is -2.32. The fraction of sp³-hybridized carbons (Fsp3) is 0.917. The van der Waals surface area contributed by atoms with Crippen LogP contribution in [0.3, 0.4) is 0 Å². The van der Waals surface area contributed by atoms with Gasteiger partial charge in [-0.15, -0.1) is 11.8 Å². The van der Waals surface area contributed by atoms with E-state index in [9.17, 15) is 4.79 Å². The number of rotatable bonds is 5. The molecule has 0 spiro atoms. The zero-order valence-corrected chi connectivity index (χ0v) is 11.1. The normalized spacial score (nSPS) is 18.7. The van der Waals surface area contributed by atoms with E-state index in [0.717, 1.165) is 5.75 Å². The monoisotopic (exact) mass is 229 g/mol. The Morgan fingerprint density at radius 2 is 2.07 bits per heavy atom. The Labute approximate surface area is 97.6 Å². The zero-order valence-electron chi connectivity index (χ0n) is 10.3. The lowest BCUT2D eigenvalue weighted by molar-refractivity contribution is -0.120. The summed E-state index contributed by atoms with van der Waals surface area (Å²) in [6, 6.07) is 0.489. The van der Waals surface area contributed by atoms with Gasteiger partial charge in [0, 0.05) is 6.04 Å². The van der Waals surface area contributed by atoms with Crippen LogP contribution in [0.1, 0.15) is 47.0 Å². The Bertz CT molecular complexity index is 218. The summed E-state index contributed by atoms with van der Waals surface area (Å²) in [5.74, 6) is 1.29. The lowest BCUT2D eigenvalue weighted by Gasteiger charge is -2.19. The number of hydrogen-bond donors (Lipinski definition) is 1. The maximum Gasteiger partial charge on any atom is 0.233 e. The van der Waals surface area contributed by atoms with Crippen LogP contribution in [-0.2, 0) is 4.79 Å². The van der Waals surface area contributed by atoms with Crippen molar-refractivity contribution < 1.29 is 4.79 Å². The quantitative estimate of drug-likeness (QED) is 0.785. The van der Waals surface area contributed by atoms with Crippen molar-refractivity contribution in [3.8, 4) is 0 Å². The number of carbonyl (C=O) groups excluding carboxylic acids is 1. The van der Waals surface area contributed by atoms with E-state index >= 15 is 0 Å². The molecule has 3 heteroatoms. The predicted molar refractivity (Wildman–Crippen MR) is 67.2 cm³/mol. The predicted octanol–water partition coefficient (Wildman–Crippen LogP) is 2.82. The van der Waals surface area contributed by atoms with E-state index in [2.05, 4.69) is 26.1 Å². The lowest BCUT2D eigenvalue weighted by atomic mass is 9.94. The molecule has 88 valence electrons. The summed E-state index contributed by atoms with van der Waals surface area (Å²) < 4.78 is 0. The van der Waals surface area contributed by atoms with E-state index in [4.69, 9.17) is 0 Å². The molecule has 0 bridgehead atoms. The van der Waals surface area contributed by atoms with Crippen LogP contribution < -0.4 is 5.32 Å².